The van der Waals surface area contributed by atoms with Crippen LogP contribution in [0.1, 0.15) is 16.8 Å². The van der Waals surface area contributed by atoms with Gasteiger partial charge in [-0.1, -0.05) is 66.7 Å². The SMILES string of the molecule is NC(=O)[C@@H](CC[S@@](=O)c1ccccc1)NC(=O)c1c2ccccc2cc2ccccc12. The summed E-state index contributed by atoms with van der Waals surface area (Å²) in [6.45, 7) is 0. The van der Waals surface area contributed by atoms with Gasteiger partial charge in [0.1, 0.15) is 6.04 Å². The smallest absolute Gasteiger partial charge is 0.253 e. The minimum atomic E-state index is -1.28. The fourth-order valence-corrected chi connectivity index (χ4v) is 4.84. The van der Waals surface area contributed by atoms with Crippen LogP contribution in [0.4, 0.5) is 0 Å². The molecular weight excluding hydrogens is 408 g/mol. The van der Waals surface area contributed by atoms with Crippen LogP contribution in [0.15, 0.2) is 89.8 Å². The van der Waals surface area contributed by atoms with Gasteiger partial charge in [0.15, 0.2) is 0 Å². The highest BCUT2D eigenvalue weighted by Crippen LogP contribution is 2.28. The van der Waals surface area contributed by atoms with E-state index in [9.17, 15) is 13.8 Å². The molecule has 0 saturated heterocycles. The number of hydrogen-bond donors (Lipinski definition) is 2. The Morgan fingerprint density at radius 2 is 1.39 bits per heavy atom. The predicted octanol–water partition coefficient (Wildman–Crippen LogP) is 3.77. The lowest BCUT2D eigenvalue weighted by Gasteiger charge is -2.17. The van der Waals surface area contributed by atoms with Gasteiger partial charge in [-0.25, -0.2) is 0 Å². The van der Waals surface area contributed by atoms with Crippen LogP contribution in [0.5, 0.6) is 0 Å². The third kappa shape index (κ3) is 4.49. The molecule has 4 aromatic rings. The molecule has 0 aliphatic rings. The van der Waals surface area contributed by atoms with Crippen LogP contribution in [0.2, 0.25) is 0 Å². The predicted molar refractivity (Wildman–Crippen MR) is 124 cm³/mol. The van der Waals surface area contributed by atoms with Gasteiger partial charge in [0.05, 0.1) is 16.4 Å². The zero-order valence-corrected chi connectivity index (χ0v) is 17.6. The molecule has 0 radical (unpaired) electrons. The van der Waals surface area contributed by atoms with Crippen molar-refractivity contribution in [3.63, 3.8) is 0 Å². The Balaban J connectivity index is 1.61. The number of carbonyl (C=O) groups excluding carboxylic acids is 2. The summed E-state index contributed by atoms with van der Waals surface area (Å²) in [4.78, 5) is 26.0. The van der Waals surface area contributed by atoms with Crippen LogP contribution < -0.4 is 11.1 Å². The zero-order valence-electron chi connectivity index (χ0n) is 16.8. The molecule has 6 heteroatoms. The first-order chi connectivity index (χ1) is 15.0. The van der Waals surface area contributed by atoms with Gasteiger partial charge >= 0.3 is 0 Å². The molecule has 0 fully saturated rings. The Morgan fingerprint density at radius 3 is 1.97 bits per heavy atom. The van der Waals surface area contributed by atoms with Crippen molar-refractivity contribution in [2.24, 2.45) is 5.73 Å². The molecule has 156 valence electrons. The molecule has 5 nitrogen and oxygen atoms in total. The number of hydrogen-bond acceptors (Lipinski definition) is 3. The minimum Gasteiger partial charge on any atom is -0.368 e. The van der Waals surface area contributed by atoms with Gasteiger partial charge in [-0.15, -0.1) is 0 Å². The molecule has 0 saturated carbocycles. The van der Waals surface area contributed by atoms with E-state index in [0.717, 1.165) is 21.5 Å². The van der Waals surface area contributed by atoms with Crippen LogP contribution in [0.3, 0.4) is 0 Å². The van der Waals surface area contributed by atoms with Gasteiger partial charge in [0.25, 0.3) is 5.91 Å². The lowest BCUT2D eigenvalue weighted by molar-refractivity contribution is -0.119. The maximum atomic E-state index is 13.3. The van der Waals surface area contributed by atoms with Crippen molar-refractivity contribution in [2.45, 2.75) is 17.4 Å². The highest BCUT2D eigenvalue weighted by atomic mass is 32.2. The van der Waals surface area contributed by atoms with Crippen molar-refractivity contribution >= 4 is 44.2 Å². The number of amides is 2. The van der Waals surface area contributed by atoms with E-state index in [1.807, 2.05) is 72.8 Å². The summed E-state index contributed by atoms with van der Waals surface area (Å²) < 4.78 is 12.5. The molecule has 0 heterocycles. The Hall–Kier alpha value is -3.51. The second-order valence-electron chi connectivity index (χ2n) is 7.27. The first-order valence-corrected chi connectivity index (χ1v) is 11.3. The summed E-state index contributed by atoms with van der Waals surface area (Å²) in [5, 5.41) is 6.25. The van der Waals surface area contributed by atoms with Crippen LogP contribution in [-0.4, -0.2) is 27.8 Å². The molecule has 2 amide bonds. The Kier molecular flexibility index (Phi) is 6.09. The minimum absolute atomic E-state index is 0.186. The summed E-state index contributed by atoms with van der Waals surface area (Å²) in [7, 11) is -1.28. The van der Waals surface area contributed by atoms with Gasteiger partial charge < -0.3 is 11.1 Å². The average molecular weight is 431 g/mol. The van der Waals surface area contributed by atoms with E-state index in [-0.39, 0.29) is 18.1 Å². The fraction of sp³-hybridized carbons (Fsp3) is 0.120. The lowest BCUT2D eigenvalue weighted by atomic mass is 9.96. The third-order valence-corrected chi connectivity index (χ3v) is 6.65. The average Bonchev–Trinajstić information content (AvgIpc) is 2.80. The molecule has 0 bridgehead atoms. The highest BCUT2D eigenvalue weighted by molar-refractivity contribution is 7.85. The molecule has 0 aliphatic heterocycles. The second kappa shape index (κ2) is 9.10. The van der Waals surface area contributed by atoms with Crippen molar-refractivity contribution in [3.05, 3.63) is 90.5 Å². The summed E-state index contributed by atoms with van der Waals surface area (Å²) in [6, 6.07) is 25.4. The Labute approximate surface area is 182 Å². The van der Waals surface area contributed by atoms with Gasteiger partial charge in [-0.2, -0.15) is 0 Å². The van der Waals surface area contributed by atoms with E-state index in [0.29, 0.717) is 10.5 Å². The van der Waals surface area contributed by atoms with Crippen molar-refractivity contribution < 1.29 is 13.8 Å². The third-order valence-electron chi connectivity index (χ3n) is 5.25. The van der Waals surface area contributed by atoms with Crippen LogP contribution in [0, 0.1) is 0 Å². The molecule has 4 aromatic carbocycles. The molecule has 0 spiro atoms. The second-order valence-corrected chi connectivity index (χ2v) is 8.84. The zero-order chi connectivity index (χ0) is 21.8. The van der Waals surface area contributed by atoms with Crippen molar-refractivity contribution in [1.82, 2.24) is 5.32 Å². The van der Waals surface area contributed by atoms with Crippen LogP contribution >= 0.6 is 0 Å². The van der Waals surface area contributed by atoms with Gasteiger partial charge in [0.2, 0.25) is 5.91 Å². The van der Waals surface area contributed by atoms with E-state index in [4.69, 9.17) is 5.73 Å². The number of primary amides is 1. The monoisotopic (exact) mass is 430 g/mol. The van der Waals surface area contributed by atoms with Gasteiger partial charge in [-0.3, -0.25) is 13.8 Å². The van der Waals surface area contributed by atoms with E-state index >= 15 is 0 Å². The molecule has 0 unspecified atom stereocenters. The number of nitrogens with two attached hydrogens (primary N) is 1. The molecule has 4 rings (SSSR count). The van der Waals surface area contributed by atoms with E-state index in [1.54, 1.807) is 12.1 Å². The molecule has 0 aliphatic carbocycles. The van der Waals surface area contributed by atoms with Crippen LogP contribution in [0.25, 0.3) is 21.5 Å². The number of fused-ring (bicyclic) bond motifs is 2. The van der Waals surface area contributed by atoms with E-state index in [2.05, 4.69) is 5.32 Å². The summed E-state index contributed by atoms with van der Waals surface area (Å²) >= 11 is 0. The number of nitrogens with one attached hydrogen (secondary N) is 1. The van der Waals surface area contributed by atoms with Crippen LogP contribution in [-0.2, 0) is 15.6 Å². The summed E-state index contributed by atoms with van der Waals surface area (Å²) in [5.74, 6) is -0.806. The number of rotatable bonds is 7. The van der Waals surface area contributed by atoms with E-state index < -0.39 is 22.7 Å². The molecule has 31 heavy (non-hydrogen) atoms. The number of benzene rings is 4. The molecule has 3 N–H and O–H groups in total. The lowest BCUT2D eigenvalue weighted by Crippen LogP contribution is -2.45. The Bertz CT molecular complexity index is 1230. The molecule has 2 atom stereocenters. The van der Waals surface area contributed by atoms with Crippen molar-refractivity contribution in [1.29, 1.82) is 0 Å². The first-order valence-electron chi connectivity index (χ1n) is 9.98. The quantitative estimate of drug-likeness (QED) is 0.437. The van der Waals surface area contributed by atoms with E-state index in [1.165, 1.54) is 0 Å². The highest BCUT2D eigenvalue weighted by Gasteiger charge is 2.22. The van der Waals surface area contributed by atoms with Gasteiger partial charge in [0, 0.05) is 10.6 Å². The standard InChI is InChI=1S/C25H22N2O3S/c26-24(28)22(14-15-31(30)19-10-2-1-3-11-19)27-25(29)23-20-12-6-4-8-17(20)16-18-9-5-7-13-21(18)23/h1-13,16,22H,14-15H2,(H2,26,28)(H,27,29)/t22-,31-/m1/s1. The summed E-state index contributed by atoms with van der Waals surface area (Å²) in [6.07, 6.45) is 0.186. The Morgan fingerprint density at radius 1 is 0.839 bits per heavy atom. The fourth-order valence-electron chi connectivity index (χ4n) is 3.69. The largest absolute Gasteiger partial charge is 0.368 e. The van der Waals surface area contributed by atoms with Crippen molar-refractivity contribution in [3.8, 4) is 0 Å². The first kappa shape index (κ1) is 20.8. The molecular formula is C25H22N2O3S. The normalized spacial score (nSPS) is 13.0. The number of carbonyl (C=O) groups is 2. The maximum absolute atomic E-state index is 13.3. The topological polar surface area (TPSA) is 89.3 Å². The van der Waals surface area contributed by atoms with Crippen molar-refractivity contribution in [2.75, 3.05) is 5.75 Å². The summed E-state index contributed by atoms with van der Waals surface area (Å²) in [5.41, 5.74) is 6.06. The maximum Gasteiger partial charge on any atom is 0.253 e. The van der Waals surface area contributed by atoms with Gasteiger partial charge in [-0.05, 0) is 46.2 Å². The molecule has 0 aromatic heterocycles.